The average molecular weight is 794 g/mol. The van der Waals surface area contributed by atoms with E-state index < -0.39 is 0 Å². The maximum absolute atomic E-state index is 5.31. The number of nitrogens with zero attached hydrogens (tertiary/aromatic N) is 7. The molecule has 12 rings (SSSR count). The summed E-state index contributed by atoms with van der Waals surface area (Å²) >= 11 is 0. The molecule has 4 aromatic heterocycles. The van der Waals surface area contributed by atoms with Gasteiger partial charge in [0.1, 0.15) is 5.82 Å². The number of hydrogen-bond acceptors (Lipinski definition) is 5. The van der Waals surface area contributed by atoms with Crippen molar-refractivity contribution in [2.24, 2.45) is 0 Å². The Morgan fingerprint density at radius 1 is 0.258 bits per heavy atom. The van der Waals surface area contributed by atoms with Crippen LogP contribution < -0.4 is 0 Å². The first kappa shape index (κ1) is 35.4. The minimum atomic E-state index is 0.596. The van der Waals surface area contributed by atoms with Crippen LogP contribution in [0, 0.1) is 0 Å². The molecule has 0 saturated carbocycles. The highest BCUT2D eigenvalue weighted by Gasteiger charge is 2.21. The molecule has 0 radical (unpaired) electrons. The first-order valence-corrected chi connectivity index (χ1v) is 20.7. The molecule has 12 aromatic rings. The molecule has 0 saturated heterocycles. The Bertz CT molecular complexity index is 3450. The molecule has 7 heteroatoms. The Hall–Kier alpha value is -8.55. The van der Waals surface area contributed by atoms with Crippen molar-refractivity contribution in [2.45, 2.75) is 0 Å². The van der Waals surface area contributed by atoms with Gasteiger partial charge in [0.15, 0.2) is 23.3 Å². The van der Waals surface area contributed by atoms with Gasteiger partial charge in [-0.15, -0.1) is 0 Å². The Labute approximate surface area is 356 Å². The van der Waals surface area contributed by atoms with Gasteiger partial charge in [-0.1, -0.05) is 158 Å². The van der Waals surface area contributed by atoms with Gasteiger partial charge >= 0.3 is 0 Å². The molecule has 0 N–H and O–H groups in total. The standard InChI is InChI=1S/C55H35N7/c1-5-17-36(18-6-1)46-35-51(57-52(56-46)37-19-7-2-8-20-37)62-49-31-29-40(55-59-53(38-21-9-3-10-22-38)58-54(60-55)39-23-11-4-12-24-39)33-44(49)45-34-41(30-32-50(45)62)61-47-27-15-13-25-42(47)43-26-14-16-28-48(43)61/h1-35H. The quantitative estimate of drug-likeness (QED) is 0.161. The zero-order valence-electron chi connectivity index (χ0n) is 33.3. The second-order valence-corrected chi connectivity index (χ2v) is 15.3. The fourth-order valence-corrected chi connectivity index (χ4v) is 8.70. The van der Waals surface area contributed by atoms with E-state index >= 15 is 0 Å². The van der Waals surface area contributed by atoms with Crippen LogP contribution in [0.1, 0.15) is 0 Å². The summed E-state index contributed by atoms with van der Waals surface area (Å²) in [6.07, 6.45) is 0. The van der Waals surface area contributed by atoms with E-state index in [0.717, 1.165) is 77.9 Å². The van der Waals surface area contributed by atoms with E-state index in [-0.39, 0.29) is 0 Å². The Morgan fingerprint density at radius 2 is 0.677 bits per heavy atom. The van der Waals surface area contributed by atoms with E-state index in [1.54, 1.807) is 0 Å². The highest BCUT2D eigenvalue weighted by Crippen LogP contribution is 2.39. The van der Waals surface area contributed by atoms with Crippen molar-refractivity contribution >= 4 is 43.6 Å². The van der Waals surface area contributed by atoms with Crippen molar-refractivity contribution in [3.63, 3.8) is 0 Å². The molecule has 0 spiro atoms. The van der Waals surface area contributed by atoms with Crippen molar-refractivity contribution in [1.82, 2.24) is 34.1 Å². The van der Waals surface area contributed by atoms with Crippen LogP contribution >= 0.6 is 0 Å². The summed E-state index contributed by atoms with van der Waals surface area (Å²) in [7, 11) is 0. The van der Waals surface area contributed by atoms with Crippen LogP contribution in [0.5, 0.6) is 0 Å². The van der Waals surface area contributed by atoms with Crippen LogP contribution in [-0.4, -0.2) is 34.1 Å². The van der Waals surface area contributed by atoms with Crippen LogP contribution in [0.3, 0.4) is 0 Å². The van der Waals surface area contributed by atoms with Crippen LogP contribution in [0.25, 0.3) is 112 Å². The number of rotatable bonds is 7. The third-order valence-corrected chi connectivity index (χ3v) is 11.6. The summed E-state index contributed by atoms with van der Waals surface area (Å²) in [5.74, 6) is 3.26. The van der Waals surface area contributed by atoms with E-state index in [1.807, 2.05) is 97.1 Å². The molecule has 62 heavy (non-hydrogen) atoms. The van der Waals surface area contributed by atoms with Crippen LogP contribution in [0.2, 0.25) is 0 Å². The Morgan fingerprint density at radius 3 is 1.23 bits per heavy atom. The molecule has 290 valence electrons. The molecule has 0 fully saturated rings. The molecule has 0 aliphatic heterocycles. The van der Waals surface area contributed by atoms with Gasteiger partial charge < -0.3 is 4.57 Å². The van der Waals surface area contributed by atoms with Gasteiger partial charge in [0.2, 0.25) is 0 Å². The molecule has 0 amide bonds. The van der Waals surface area contributed by atoms with Crippen LogP contribution in [0.15, 0.2) is 212 Å². The highest BCUT2D eigenvalue weighted by atomic mass is 15.1. The number of para-hydroxylation sites is 2. The molecule has 4 heterocycles. The van der Waals surface area contributed by atoms with Crippen molar-refractivity contribution in [3.05, 3.63) is 212 Å². The maximum Gasteiger partial charge on any atom is 0.164 e. The lowest BCUT2D eigenvalue weighted by Crippen LogP contribution is -2.03. The van der Waals surface area contributed by atoms with Gasteiger partial charge in [-0.25, -0.2) is 24.9 Å². The van der Waals surface area contributed by atoms with Crippen molar-refractivity contribution in [3.8, 4) is 68.3 Å². The van der Waals surface area contributed by atoms with Gasteiger partial charge in [-0.2, -0.15) is 0 Å². The van der Waals surface area contributed by atoms with E-state index in [2.05, 4.69) is 124 Å². The molecule has 0 unspecified atom stereocenters. The van der Waals surface area contributed by atoms with E-state index in [9.17, 15) is 0 Å². The average Bonchev–Trinajstić information content (AvgIpc) is 3.87. The predicted molar refractivity (Wildman–Crippen MR) is 251 cm³/mol. The van der Waals surface area contributed by atoms with Crippen molar-refractivity contribution in [2.75, 3.05) is 0 Å². The summed E-state index contributed by atoms with van der Waals surface area (Å²) in [5.41, 5.74) is 10.9. The summed E-state index contributed by atoms with van der Waals surface area (Å²) in [5, 5.41) is 4.55. The fourth-order valence-electron chi connectivity index (χ4n) is 8.70. The molecule has 8 aromatic carbocycles. The zero-order chi connectivity index (χ0) is 41.0. The maximum atomic E-state index is 5.31. The van der Waals surface area contributed by atoms with Crippen molar-refractivity contribution in [1.29, 1.82) is 0 Å². The summed E-state index contributed by atoms with van der Waals surface area (Å²) in [6.45, 7) is 0. The Balaban J connectivity index is 1.14. The second-order valence-electron chi connectivity index (χ2n) is 15.3. The molecular weight excluding hydrogens is 759 g/mol. The summed E-state index contributed by atoms with van der Waals surface area (Å²) < 4.78 is 4.63. The third-order valence-electron chi connectivity index (χ3n) is 11.6. The van der Waals surface area contributed by atoms with E-state index in [0.29, 0.717) is 23.3 Å². The number of fused-ring (bicyclic) bond motifs is 6. The van der Waals surface area contributed by atoms with Crippen molar-refractivity contribution < 1.29 is 0 Å². The third kappa shape index (κ3) is 6.02. The van der Waals surface area contributed by atoms with Gasteiger partial charge in [-0.05, 0) is 48.5 Å². The lowest BCUT2D eigenvalue weighted by atomic mass is 10.1. The number of aromatic nitrogens is 7. The number of benzene rings is 8. The molecule has 0 aliphatic rings. The second kappa shape index (κ2) is 14.6. The summed E-state index contributed by atoms with van der Waals surface area (Å²) in [4.78, 5) is 25.6. The first-order chi connectivity index (χ1) is 30.7. The smallest absolute Gasteiger partial charge is 0.164 e. The van der Waals surface area contributed by atoms with E-state index in [4.69, 9.17) is 24.9 Å². The molecular formula is C55H35N7. The molecule has 0 atom stereocenters. The lowest BCUT2D eigenvalue weighted by Gasteiger charge is -2.13. The fraction of sp³-hybridized carbons (Fsp3) is 0. The monoisotopic (exact) mass is 793 g/mol. The SMILES string of the molecule is c1ccc(-c2cc(-n3c4ccc(-c5nc(-c6ccccc6)nc(-c6ccccc6)n5)cc4c4cc(-n5c6ccccc6c6ccccc65)ccc43)nc(-c3ccccc3)n2)cc1. The number of hydrogen-bond donors (Lipinski definition) is 0. The lowest BCUT2D eigenvalue weighted by molar-refractivity contribution is 1.05. The van der Waals surface area contributed by atoms with Crippen LogP contribution in [-0.2, 0) is 0 Å². The topological polar surface area (TPSA) is 74.3 Å². The highest BCUT2D eigenvalue weighted by molar-refractivity contribution is 6.13. The first-order valence-electron chi connectivity index (χ1n) is 20.7. The van der Waals surface area contributed by atoms with Gasteiger partial charge in [0.05, 0.1) is 27.8 Å². The minimum absolute atomic E-state index is 0.596. The minimum Gasteiger partial charge on any atom is -0.309 e. The molecule has 7 nitrogen and oxygen atoms in total. The largest absolute Gasteiger partial charge is 0.309 e. The summed E-state index contributed by atoms with van der Waals surface area (Å²) in [6, 6.07) is 73.3. The van der Waals surface area contributed by atoms with Gasteiger partial charge in [0.25, 0.3) is 0 Å². The molecule has 0 aliphatic carbocycles. The van der Waals surface area contributed by atoms with Gasteiger partial charge in [0, 0.05) is 61.1 Å². The Kier molecular flexibility index (Phi) is 8.35. The normalized spacial score (nSPS) is 11.5. The van der Waals surface area contributed by atoms with Gasteiger partial charge in [-0.3, -0.25) is 4.57 Å². The van der Waals surface area contributed by atoms with Crippen LogP contribution in [0.4, 0.5) is 0 Å². The molecule has 0 bridgehead atoms. The zero-order valence-corrected chi connectivity index (χ0v) is 33.3. The van der Waals surface area contributed by atoms with E-state index in [1.165, 1.54) is 10.8 Å². The predicted octanol–water partition coefficient (Wildman–Crippen LogP) is 13.2.